The van der Waals surface area contributed by atoms with Crippen molar-refractivity contribution in [1.29, 1.82) is 0 Å². The van der Waals surface area contributed by atoms with E-state index in [1.807, 2.05) is 20.1 Å². The van der Waals surface area contributed by atoms with Crippen molar-refractivity contribution < 1.29 is 24.3 Å². The number of aromatic nitrogens is 2. The molecule has 0 saturated heterocycles. The van der Waals surface area contributed by atoms with Crippen molar-refractivity contribution in [3.8, 4) is 0 Å². The summed E-state index contributed by atoms with van der Waals surface area (Å²) < 4.78 is 0. The van der Waals surface area contributed by atoms with E-state index in [2.05, 4.69) is 25.9 Å². The predicted molar refractivity (Wildman–Crippen MR) is 131 cm³/mol. The number of thioether (sulfide) groups is 1. The number of carboxylic acid groups (broad SMARTS) is 1. The summed E-state index contributed by atoms with van der Waals surface area (Å²) >= 11 is 1.52. The number of aliphatic carboxylic acids is 1. The third-order valence-corrected chi connectivity index (χ3v) is 6.29. The maximum Gasteiger partial charge on any atom is 0.326 e. The molecule has 0 spiro atoms. The van der Waals surface area contributed by atoms with Gasteiger partial charge in [-0.2, -0.15) is 11.8 Å². The third kappa shape index (κ3) is 9.34. The lowest BCUT2D eigenvalue weighted by molar-refractivity contribution is -0.143. The van der Waals surface area contributed by atoms with E-state index in [0.29, 0.717) is 24.3 Å². The van der Waals surface area contributed by atoms with E-state index in [4.69, 9.17) is 5.73 Å². The van der Waals surface area contributed by atoms with Crippen molar-refractivity contribution >= 4 is 35.5 Å². The summed E-state index contributed by atoms with van der Waals surface area (Å²) in [6.07, 6.45) is 5.96. The molecule has 5 unspecified atom stereocenters. The minimum atomic E-state index is -1.17. The highest BCUT2D eigenvalue weighted by Crippen LogP contribution is 2.09. The van der Waals surface area contributed by atoms with Gasteiger partial charge in [-0.1, -0.05) is 34.1 Å². The van der Waals surface area contributed by atoms with E-state index >= 15 is 0 Å². The third-order valence-electron chi connectivity index (χ3n) is 5.65. The first-order chi connectivity index (χ1) is 16.0. The summed E-state index contributed by atoms with van der Waals surface area (Å²) in [6.45, 7) is 7.14. The molecule has 12 heteroatoms. The Hall–Kier alpha value is -2.60. The second-order valence-corrected chi connectivity index (χ2v) is 9.65. The van der Waals surface area contributed by atoms with Gasteiger partial charge in [0.15, 0.2) is 0 Å². The van der Waals surface area contributed by atoms with Crippen molar-refractivity contribution in [2.45, 2.75) is 71.1 Å². The Kier molecular flexibility index (Phi) is 12.7. The molecule has 0 aliphatic heterocycles. The van der Waals surface area contributed by atoms with Crippen LogP contribution in [0.25, 0.3) is 0 Å². The van der Waals surface area contributed by atoms with Crippen LogP contribution in [0.3, 0.4) is 0 Å². The number of aromatic amines is 1. The normalized spacial score (nSPS) is 15.6. The van der Waals surface area contributed by atoms with Crippen LogP contribution in [-0.4, -0.2) is 74.9 Å². The fraction of sp³-hybridized carbons (Fsp3) is 0.682. The number of H-pyrrole nitrogens is 1. The maximum absolute atomic E-state index is 13.1. The smallest absolute Gasteiger partial charge is 0.326 e. The molecule has 1 heterocycles. The second kappa shape index (κ2) is 14.6. The Morgan fingerprint density at radius 1 is 1.09 bits per heavy atom. The van der Waals surface area contributed by atoms with Crippen LogP contribution >= 0.6 is 11.8 Å². The zero-order valence-electron chi connectivity index (χ0n) is 20.5. The lowest BCUT2D eigenvalue weighted by Gasteiger charge is -2.26. The topological polar surface area (TPSA) is 179 Å². The first kappa shape index (κ1) is 29.4. The largest absolute Gasteiger partial charge is 0.480 e. The van der Waals surface area contributed by atoms with Crippen LogP contribution in [0.4, 0.5) is 0 Å². The predicted octanol–water partition coefficient (Wildman–Crippen LogP) is 0.274. The first-order valence-corrected chi connectivity index (χ1v) is 12.8. The zero-order valence-corrected chi connectivity index (χ0v) is 21.3. The van der Waals surface area contributed by atoms with Gasteiger partial charge in [0.05, 0.1) is 12.4 Å². The highest BCUT2D eigenvalue weighted by atomic mass is 32.2. The molecule has 5 atom stereocenters. The number of rotatable bonds is 15. The number of amides is 3. The van der Waals surface area contributed by atoms with Gasteiger partial charge < -0.3 is 31.8 Å². The van der Waals surface area contributed by atoms with Crippen LogP contribution < -0.4 is 21.7 Å². The molecule has 192 valence electrons. The van der Waals surface area contributed by atoms with Gasteiger partial charge in [0, 0.05) is 18.3 Å². The number of nitrogens with one attached hydrogen (secondary N) is 4. The highest BCUT2D eigenvalue weighted by Gasteiger charge is 2.32. The number of hydrogen-bond acceptors (Lipinski definition) is 7. The van der Waals surface area contributed by atoms with E-state index in [1.165, 1.54) is 24.3 Å². The van der Waals surface area contributed by atoms with E-state index < -0.39 is 47.9 Å². The number of carbonyl (C=O) groups excluding carboxylic acids is 3. The molecule has 11 nitrogen and oxygen atoms in total. The zero-order chi connectivity index (χ0) is 25.8. The minimum Gasteiger partial charge on any atom is -0.480 e. The van der Waals surface area contributed by atoms with Crippen LogP contribution in [0.2, 0.25) is 0 Å². The fourth-order valence-electron chi connectivity index (χ4n) is 3.15. The summed E-state index contributed by atoms with van der Waals surface area (Å²) in [7, 11) is 0. The van der Waals surface area contributed by atoms with Crippen molar-refractivity contribution in [1.82, 2.24) is 25.9 Å². The summed E-state index contributed by atoms with van der Waals surface area (Å²) in [5, 5.41) is 17.3. The number of imidazole rings is 1. The molecule has 1 aromatic rings. The molecule has 0 aromatic carbocycles. The molecule has 0 aliphatic rings. The van der Waals surface area contributed by atoms with E-state index in [0.717, 1.165) is 0 Å². The molecule has 0 bridgehead atoms. The second-order valence-electron chi connectivity index (χ2n) is 8.66. The number of carboxylic acids is 1. The SMILES string of the molecule is CCC(C)C(N)C(=O)NC(CCSC)C(=O)NC(Cc1cnc[nH]1)C(=O)NC(C(=O)O)C(C)C. The van der Waals surface area contributed by atoms with Crippen LogP contribution in [0.1, 0.15) is 46.2 Å². The fourth-order valence-corrected chi connectivity index (χ4v) is 3.62. The van der Waals surface area contributed by atoms with Crippen molar-refractivity contribution in [2.24, 2.45) is 17.6 Å². The van der Waals surface area contributed by atoms with E-state index in [-0.39, 0.29) is 18.3 Å². The van der Waals surface area contributed by atoms with Gasteiger partial charge in [-0.3, -0.25) is 14.4 Å². The molecular weight excluding hydrogens is 460 g/mol. The van der Waals surface area contributed by atoms with Crippen LogP contribution in [-0.2, 0) is 25.6 Å². The lowest BCUT2D eigenvalue weighted by Crippen LogP contribution is -2.58. The van der Waals surface area contributed by atoms with Gasteiger partial charge in [-0.05, 0) is 30.3 Å². The van der Waals surface area contributed by atoms with E-state index in [9.17, 15) is 24.3 Å². The van der Waals surface area contributed by atoms with Crippen molar-refractivity contribution in [3.05, 3.63) is 18.2 Å². The van der Waals surface area contributed by atoms with Crippen LogP contribution in [0.15, 0.2) is 12.5 Å². The summed E-state index contributed by atoms with van der Waals surface area (Å²) in [6, 6.07) is -3.85. The Bertz CT molecular complexity index is 804. The van der Waals surface area contributed by atoms with Gasteiger partial charge in [0.1, 0.15) is 18.1 Å². The number of nitrogens with two attached hydrogens (primary N) is 1. The molecule has 0 radical (unpaired) electrons. The monoisotopic (exact) mass is 498 g/mol. The number of nitrogens with zero attached hydrogens (tertiary/aromatic N) is 1. The van der Waals surface area contributed by atoms with Gasteiger partial charge in [0.2, 0.25) is 17.7 Å². The molecule has 0 fully saturated rings. The standard InChI is InChI=1S/C22H38N6O5S/c1-6-13(4)17(23)21(31)26-15(7-8-34-5)19(29)27-16(9-14-10-24-11-25-14)20(30)28-18(12(2)3)22(32)33/h10-13,15-18H,6-9,23H2,1-5H3,(H,24,25)(H,26,31)(H,27,29)(H,28,30)(H,32,33). The van der Waals surface area contributed by atoms with Gasteiger partial charge in [-0.25, -0.2) is 9.78 Å². The average molecular weight is 499 g/mol. The van der Waals surface area contributed by atoms with Crippen LogP contribution in [0.5, 0.6) is 0 Å². The molecule has 34 heavy (non-hydrogen) atoms. The molecule has 1 rings (SSSR count). The molecule has 7 N–H and O–H groups in total. The molecule has 0 saturated carbocycles. The average Bonchev–Trinajstić information content (AvgIpc) is 3.30. The number of carbonyl (C=O) groups is 4. The molecular formula is C22H38N6O5S. The lowest BCUT2D eigenvalue weighted by atomic mass is 9.99. The summed E-state index contributed by atoms with van der Waals surface area (Å²) in [4.78, 5) is 57.1. The van der Waals surface area contributed by atoms with E-state index in [1.54, 1.807) is 13.8 Å². The Morgan fingerprint density at radius 3 is 2.21 bits per heavy atom. The van der Waals surface area contributed by atoms with Crippen LogP contribution in [0, 0.1) is 11.8 Å². The van der Waals surface area contributed by atoms with Gasteiger partial charge >= 0.3 is 5.97 Å². The molecule has 0 aliphatic carbocycles. The minimum absolute atomic E-state index is 0.0628. The molecule has 1 aromatic heterocycles. The van der Waals surface area contributed by atoms with Gasteiger partial charge in [-0.15, -0.1) is 0 Å². The highest BCUT2D eigenvalue weighted by molar-refractivity contribution is 7.98. The van der Waals surface area contributed by atoms with Crippen molar-refractivity contribution in [3.63, 3.8) is 0 Å². The summed E-state index contributed by atoms with van der Waals surface area (Å²) in [5.74, 6) is -2.61. The maximum atomic E-state index is 13.1. The van der Waals surface area contributed by atoms with Gasteiger partial charge in [0.25, 0.3) is 0 Å². The Morgan fingerprint density at radius 2 is 1.71 bits per heavy atom. The quantitative estimate of drug-likeness (QED) is 0.199. The Balaban J connectivity index is 3.05. The summed E-state index contributed by atoms with van der Waals surface area (Å²) in [5.41, 5.74) is 6.60. The molecule has 3 amide bonds. The Labute approximate surface area is 204 Å². The van der Waals surface area contributed by atoms with Crippen molar-refractivity contribution in [2.75, 3.05) is 12.0 Å². The first-order valence-electron chi connectivity index (χ1n) is 11.4. The number of hydrogen-bond donors (Lipinski definition) is 6.